The zero-order valence-electron chi connectivity index (χ0n) is 14.2. The van der Waals surface area contributed by atoms with Gasteiger partial charge in [-0.15, -0.1) is 0 Å². The molecule has 1 fully saturated rings. The van der Waals surface area contributed by atoms with Gasteiger partial charge >= 0.3 is 0 Å². The van der Waals surface area contributed by atoms with Gasteiger partial charge < -0.3 is 16.4 Å². The Hall–Kier alpha value is -3.16. The molecule has 3 heterocycles. The van der Waals surface area contributed by atoms with E-state index >= 15 is 0 Å². The monoisotopic (exact) mass is 354 g/mol. The Bertz CT molecular complexity index is 993. The van der Waals surface area contributed by atoms with Gasteiger partial charge in [0.2, 0.25) is 0 Å². The largest absolute Gasteiger partial charge is 0.382 e. The number of rotatable bonds is 3. The second-order valence-corrected chi connectivity index (χ2v) is 6.43. The summed E-state index contributed by atoms with van der Waals surface area (Å²) in [4.78, 5) is 17.6. The van der Waals surface area contributed by atoms with Crippen LogP contribution in [0.1, 0.15) is 29.6 Å². The number of nitrogens with two attached hydrogens (primary N) is 2. The van der Waals surface area contributed by atoms with Crippen molar-refractivity contribution in [3.63, 3.8) is 0 Å². The topological polar surface area (TPSA) is 103 Å². The lowest BCUT2D eigenvalue weighted by molar-refractivity contribution is 0.0996. The smallest absolute Gasteiger partial charge is 0.251 e. The van der Waals surface area contributed by atoms with Crippen LogP contribution in [0.4, 0.5) is 15.9 Å². The second-order valence-electron chi connectivity index (χ2n) is 6.43. The van der Waals surface area contributed by atoms with Gasteiger partial charge in [-0.1, -0.05) is 6.07 Å². The summed E-state index contributed by atoms with van der Waals surface area (Å²) < 4.78 is 15.9. The first-order valence-corrected chi connectivity index (χ1v) is 8.53. The summed E-state index contributed by atoms with van der Waals surface area (Å²) in [5, 5.41) is 4.31. The summed E-state index contributed by atoms with van der Waals surface area (Å²) in [6, 6.07) is 6.28. The summed E-state index contributed by atoms with van der Waals surface area (Å²) in [5.74, 6) is -1.08. The molecule has 7 nitrogen and oxygen atoms in total. The number of primary amides is 1. The van der Waals surface area contributed by atoms with Gasteiger partial charge in [-0.05, 0) is 37.5 Å². The zero-order chi connectivity index (χ0) is 18.3. The van der Waals surface area contributed by atoms with E-state index in [1.165, 1.54) is 24.9 Å². The molecule has 0 atom stereocenters. The second kappa shape index (κ2) is 6.29. The molecule has 0 aliphatic carbocycles. The lowest BCUT2D eigenvalue weighted by atomic mass is 10.1. The number of nitrogen functional groups attached to an aromatic ring is 1. The van der Waals surface area contributed by atoms with Crippen LogP contribution in [0.5, 0.6) is 0 Å². The van der Waals surface area contributed by atoms with Crippen molar-refractivity contribution >= 4 is 22.9 Å². The minimum Gasteiger partial charge on any atom is -0.382 e. The van der Waals surface area contributed by atoms with Crippen molar-refractivity contribution in [3.8, 4) is 11.3 Å². The maximum absolute atomic E-state index is 14.2. The van der Waals surface area contributed by atoms with Crippen molar-refractivity contribution in [2.75, 3.05) is 23.7 Å². The van der Waals surface area contributed by atoms with E-state index in [-0.39, 0.29) is 5.56 Å². The number of benzene rings is 1. The normalized spacial score (nSPS) is 14.7. The fourth-order valence-corrected chi connectivity index (χ4v) is 3.50. The lowest BCUT2D eigenvalue weighted by Crippen LogP contribution is -2.29. The molecule has 26 heavy (non-hydrogen) atoms. The van der Waals surface area contributed by atoms with E-state index in [4.69, 9.17) is 11.5 Å². The van der Waals surface area contributed by atoms with E-state index in [1.54, 1.807) is 10.6 Å². The molecule has 1 saturated heterocycles. The molecular formula is C18H19FN6O. The highest BCUT2D eigenvalue weighted by atomic mass is 19.1. The van der Waals surface area contributed by atoms with Crippen LogP contribution in [-0.4, -0.2) is 33.6 Å². The Morgan fingerprint density at radius 3 is 2.62 bits per heavy atom. The average molecular weight is 354 g/mol. The number of carbonyl (C=O) groups is 1. The fourth-order valence-electron chi connectivity index (χ4n) is 3.50. The molecule has 4 rings (SSSR count). The molecule has 3 aromatic rings. The predicted octanol–water partition coefficient (Wildman–Crippen LogP) is 2.21. The SMILES string of the molecule is NC(=O)c1ccc(-c2cc(N3CCCCC3)c3c(N)ncnn23)cc1F. The molecule has 1 amide bonds. The maximum atomic E-state index is 14.2. The third kappa shape index (κ3) is 2.63. The zero-order valence-corrected chi connectivity index (χ0v) is 14.2. The summed E-state index contributed by atoms with van der Waals surface area (Å²) in [6.45, 7) is 1.87. The standard InChI is InChI=1S/C18H19FN6O/c19-13-8-11(4-5-12(13)18(21)26)14-9-15(24-6-2-1-3-7-24)16-17(20)22-10-23-25(14)16/h4-5,8-10H,1-3,6-7H2,(H2,21,26)(H2,20,22,23). The van der Waals surface area contributed by atoms with Gasteiger partial charge in [-0.2, -0.15) is 5.10 Å². The van der Waals surface area contributed by atoms with E-state index < -0.39 is 11.7 Å². The number of halogens is 1. The molecule has 1 aliphatic rings. The fraction of sp³-hybridized carbons (Fsp3) is 0.278. The molecule has 8 heteroatoms. The highest BCUT2D eigenvalue weighted by Crippen LogP contribution is 2.35. The number of nitrogens with zero attached hydrogens (tertiary/aromatic N) is 4. The molecule has 4 N–H and O–H groups in total. The van der Waals surface area contributed by atoms with E-state index in [0.717, 1.165) is 31.6 Å². The number of aromatic nitrogens is 3. The lowest BCUT2D eigenvalue weighted by Gasteiger charge is -2.28. The Kier molecular flexibility index (Phi) is 3.95. The van der Waals surface area contributed by atoms with E-state index in [0.29, 0.717) is 22.6 Å². The minimum atomic E-state index is -0.797. The van der Waals surface area contributed by atoms with Crippen LogP contribution in [0.25, 0.3) is 16.8 Å². The van der Waals surface area contributed by atoms with Crippen LogP contribution in [0.15, 0.2) is 30.6 Å². The molecule has 1 aromatic carbocycles. The van der Waals surface area contributed by atoms with Crippen molar-refractivity contribution in [3.05, 3.63) is 42.0 Å². The molecule has 0 saturated carbocycles. The van der Waals surface area contributed by atoms with E-state index in [2.05, 4.69) is 15.0 Å². The highest BCUT2D eigenvalue weighted by molar-refractivity contribution is 5.94. The molecule has 0 radical (unpaired) electrons. The third-order valence-corrected chi connectivity index (χ3v) is 4.79. The quantitative estimate of drug-likeness (QED) is 0.751. The first-order valence-electron chi connectivity index (χ1n) is 8.53. The van der Waals surface area contributed by atoms with Gasteiger partial charge in [0.25, 0.3) is 5.91 Å². The molecule has 0 bridgehead atoms. The van der Waals surface area contributed by atoms with Crippen LogP contribution >= 0.6 is 0 Å². The number of hydrogen-bond acceptors (Lipinski definition) is 5. The van der Waals surface area contributed by atoms with Gasteiger partial charge in [0.15, 0.2) is 5.82 Å². The van der Waals surface area contributed by atoms with Crippen LogP contribution in [-0.2, 0) is 0 Å². The highest BCUT2D eigenvalue weighted by Gasteiger charge is 2.21. The predicted molar refractivity (Wildman–Crippen MR) is 97.4 cm³/mol. The van der Waals surface area contributed by atoms with Crippen molar-refractivity contribution in [2.24, 2.45) is 5.73 Å². The van der Waals surface area contributed by atoms with E-state index in [9.17, 15) is 9.18 Å². The van der Waals surface area contributed by atoms with Gasteiger partial charge in [0, 0.05) is 18.7 Å². The van der Waals surface area contributed by atoms with Gasteiger partial charge in [0.1, 0.15) is 17.7 Å². The number of fused-ring (bicyclic) bond motifs is 1. The van der Waals surface area contributed by atoms with Crippen molar-refractivity contribution < 1.29 is 9.18 Å². The van der Waals surface area contributed by atoms with Gasteiger partial charge in [-0.25, -0.2) is 13.9 Å². The molecule has 2 aromatic heterocycles. The minimum absolute atomic E-state index is 0.139. The molecule has 0 unspecified atom stereocenters. The number of anilines is 2. The summed E-state index contributed by atoms with van der Waals surface area (Å²) in [7, 11) is 0. The maximum Gasteiger partial charge on any atom is 0.251 e. The van der Waals surface area contributed by atoms with Crippen molar-refractivity contribution in [1.29, 1.82) is 0 Å². The van der Waals surface area contributed by atoms with Crippen LogP contribution in [0, 0.1) is 5.82 Å². The third-order valence-electron chi connectivity index (χ3n) is 4.79. The Labute approximate surface area is 149 Å². The Morgan fingerprint density at radius 2 is 1.92 bits per heavy atom. The Morgan fingerprint density at radius 1 is 1.15 bits per heavy atom. The molecule has 0 spiro atoms. The molecule has 1 aliphatic heterocycles. The number of hydrogen-bond donors (Lipinski definition) is 2. The van der Waals surface area contributed by atoms with Crippen LogP contribution < -0.4 is 16.4 Å². The summed E-state index contributed by atoms with van der Waals surface area (Å²) in [6.07, 6.45) is 4.81. The van der Waals surface area contributed by atoms with E-state index in [1.807, 2.05) is 6.07 Å². The van der Waals surface area contributed by atoms with Crippen molar-refractivity contribution in [1.82, 2.24) is 14.6 Å². The van der Waals surface area contributed by atoms with Crippen LogP contribution in [0.2, 0.25) is 0 Å². The first-order chi connectivity index (χ1) is 12.6. The molecule has 134 valence electrons. The number of carbonyl (C=O) groups excluding carboxylic acids is 1. The van der Waals surface area contributed by atoms with Gasteiger partial charge in [0.05, 0.1) is 16.9 Å². The van der Waals surface area contributed by atoms with Gasteiger partial charge in [-0.3, -0.25) is 4.79 Å². The Balaban J connectivity index is 1.89. The first kappa shape index (κ1) is 16.3. The van der Waals surface area contributed by atoms with Crippen molar-refractivity contribution in [2.45, 2.75) is 19.3 Å². The molecular weight excluding hydrogens is 335 g/mol. The number of piperidine rings is 1. The summed E-state index contributed by atoms with van der Waals surface area (Å²) in [5.41, 5.74) is 14.1. The number of amides is 1. The average Bonchev–Trinajstić information content (AvgIpc) is 3.03. The summed E-state index contributed by atoms with van der Waals surface area (Å²) >= 11 is 0. The van der Waals surface area contributed by atoms with Crippen LogP contribution in [0.3, 0.4) is 0 Å².